The monoisotopic (exact) mass is 326 g/mol. The van der Waals surface area contributed by atoms with Gasteiger partial charge in [0.25, 0.3) is 0 Å². The normalized spacial score (nSPS) is 12.2. The number of aromatic carboxylic acids is 1. The lowest BCUT2D eigenvalue weighted by Gasteiger charge is -2.19. The number of carbonyl (C=O) groups is 1. The number of carboxylic acids is 1. The molecule has 1 unspecified atom stereocenters. The van der Waals surface area contributed by atoms with Crippen molar-refractivity contribution in [3.8, 4) is 5.75 Å². The van der Waals surface area contributed by atoms with E-state index in [2.05, 4.69) is 38.1 Å². The molecule has 3 nitrogen and oxygen atoms in total. The summed E-state index contributed by atoms with van der Waals surface area (Å²) < 4.78 is 6.06. The molecule has 2 rings (SSSR count). The third-order valence-electron chi connectivity index (χ3n) is 4.26. The van der Waals surface area contributed by atoms with Gasteiger partial charge in [-0.2, -0.15) is 0 Å². The maximum Gasteiger partial charge on any atom is 0.335 e. The molecule has 0 heterocycles. The first-order valence-electron chi connectivity index (χ1n) is 8.38. The van der Waals surface area contributed by atoms with Crippen molar-refractivity contribution in [3.05, 3.63) is 64.2 Å². The molecule has 0 amide bonds. The molecule has 0 spiro atoms. The van der Waals surface area contributed by atoms with E-state index in [0.717, 1.165) is 23.1 Å². The maximum atomic E-state index is 11.2. The first-order chi connectivity index (χ1) is 11.3. The second-order valence-corrected chi connectivity index (χ2v) is 6.82. The summed E-state index contributed by atoms with van der Waals surface area (Å²) >= 11 is 0. The molecule has 1 N–H and O–H groups in total. The van der Waals surface area contributed by atoms with E-state index in [9.17, 15) is 9.90 Å². The van der Waals surface area contributed by atoms with E-state index in [0.29, 0.717) is 11.7 Å². The summed E-state index contributed by atoms with van der Waals surface area (Å²) in [6.07, 6.45) is 0.925. The summed E-state index contributed by atoms with van der Waals surface area (Å²) in [5.41, 5.74) is 4.56. The van der Waals surface area contributed by atoms with Crippen molar-refractivity contribution in [2.75, 3.05) is 0 Å². The van der Waals surface area contributed by atoms with Gasteiger partial charge in [0.05, 0.1) is 5.56 Å². The predicted octanol–water partition coefficient (Wildman–Crippen LogP) is 5.34. The van der Waals surface area contributed by atoms with E-state index in [1.165, 1.54) is 5.56 Å². The van der Waals surface area contributed by atoms with Crippen molar-refractivity contribution in [1.29, 1.82) is 0 Å². The zero-order valence-electron chi connectivity index (χ0n) is 15.1. The minimum absolute atomic E-state index is 0.139. The quantitative estimate of drug-likeness (QED) is 0.779. The minimum atomic E-state index is -0.936. The van der Waals surface area contributed by atoms with Crippen LogP contribution in [0.3, 0.4) is 0 Å². The largest absolute Gasteiger partial charge is 0.486 e. The van der Waals surface area contributed by atoms with Gasteiger partial charge < -0.3 is 9.84 Å². The molecule has 0 aromatic heterocycles. The highest BCUT2D eigenvalue weighted by atomic mass is 16.5. The van der Waals surface area contributed by atoms with Gasteiger partial charge in [-0.05, 0) is 67.5 Å². The molecule has 128 valence electrons. The molecular formula is C21H26O3. The predicted molar refractivity (Wildman–Crippen MR) is 96.9 cm³/mol. The van der Waals surface area contributed by atoms with Crippen molar-refractivity contribution in [2.24, 2.45) is 5.92 Å². The fraction of sp³-hybridized carbons (Fsp3) is 0.381. The molecule has 0 aliphatic heterocycles. The minimum Gasteiger partial charge on any atom is -0.486 e. The molecule has 2 aromatic rings. The second-order valence-electron chi connectivity index (χ2n) is 6.82. The van der Waals surface area contributed by atoms with Gasteiger partial charge in [-0.3, -0.25) is 0 Å². The molecule has 0 saturated heterocycles. The Morgan fingerprint density at radius 1 is 1.08 bits per heavy atom. The van der Waals surface area contributed by atoms with Gasteiger partial charge in [0, 0.05) is 0 Å². The third-order valence-corrected chi connectivity index (χ3v) is 4.26. The smallest absolute Gasteiger partial charge is 0.335 e. The molecule has 2 aromatic carbocycles. The molecule has 24 heavy (non-hydrogen) atoms. The lowest BCUT2D eigenvalue weighted by Crippen LogP contribution is -2.07. The average molecular weight is 326 g/mol. The Balaban J connectivity index is 2.20. The summed E-state index contributed by atoms with van der Waals surface area (Å²) in [6.45, 7) is 10.3. The van der Waals surface area contributed by atoms with Gasteiger partial charge >= 0.3 is 5.97 Å². The Hall–Kier alpha value is -2.29. The van der Waals surface area contributed by atoms with Gasteiger partial charge in [0.1, 0.15) is 11.9 Å². The number of benzene rings is 2. The van der Waals surface area contributed by atoms with Gasteiger partial charge in [0.15, 0.2) is 0 Å². The fourth-order valence-electron chi connectivity index (χ4n) is 2.73. The van der Waals surface area contributed by atoms with Crippen LogP contribution in [0.2, 0.25) is 0 Å². The number of aryl methyl sites for hydroxylation is 1. The zero-order valence-corrected chi connectivity index (χ0v) is 15.1. The molecule has 0 saturated carbocycles. The van der Waals surface area contributed by atoms with E-state index >= 15 is 0 Å². The van der Waals surface area contributed by atoms with E-state index in [1.807, 2.05) is 20.8 Å². The lowest BCUT2D eigenvalue weighted by molar-refractivity contribution is 0.0696. The van der Waals surface area contributed by atoms with E-state index in [1.54, 1.807) is 12.1 Å². The van der Waals surface area contributed by atoms with Crippen LogP contribution in [0.5, 0.6) is 5.75 Å². The summed E-state index contributed by atoms with van der Waals surface area (Å²) in [7, 11) is 0. The van der Waals surface area contributed by atoms with Crippen LogP contribution in [-0.4, -0.2) is 11.1 Å². The Kier molecular flexibility index (Phi) is 5.66. The van der Waals surface area contributed by atoms with Crippen LogP contribution in [0, 0.1) is 19.8 Å². The van der Waals surface area contributed by atoms with E-state index in [-0.39, 0.29) is 11.7 Å². The topological polar surface area (TPSA) is 46.5 Å². The standard InChI is InChI=1S/C21H26O3/c1-13(2)10-17-6-8-18(9-7-17)16(5)24-20-12-19(21(22)23)11-14(3)15(20)4/h6-9,11-13,16H,10H2,1-5H3,(H,22,23). The highest BCUT2D eigenvalue weighted by molar-refractivity contribution is 5.88. The van der Waals surface area contributed by atoms with Crippen LogP contribution in [0.15, 0.2) is 36.4 Å². The average Bonchev–Trinajstić information content (AvgIpc) is 2.51. The van der Waals surface area contributed by atoms with Crippen LogP contribution < -0.4 is 4.74 Å². The fourth-order valence-corrected chi connectivity index (χ4v) is 2.73. The number of carboxylic acid groups (broad SMARTS) is 1. The number of rotatable bonds is 6. The Morgan fingerprint density at radius 2 is 1.71 bits per heavy atom. The zero-order chi connectivity index (χ0) is 17.9. The van der Waals surface area contributed by atoms with Gasteiger partial charge in [-0.25, -0.2) is 4.79 Å². The van der Waals surface area contributed by atoms with Crippen LogP contribution in [0.4, 0.5) is 0 Å². The molecule has 1 atom stereocenters. The summed E-state index contributed by atoms with van der Waals surface area (Å²) in [5, 5.41) is 9.22. The number of ether oxygens (including phenoxy) is 1. The summed E-state index contributed by atoms with van der Waals surface area (Å²) in [5.74, 6) is 0.328. The Bertz CT molecular complexity index is 715. The first-order valence-corrected chi connectivity index (χ1v) is 8.38. The molecule has 0 fully saturated rings. The molecule has 3 heteroatoms. The first kappa shape index (κ1) is 18.1. The molecule has 0 bridgehead atoms. The number of hydrogen-bond donors (Lipinski definition) is 1. The Labute approximate surface area is 144 Å². The van der Waals surface area contributed by atoms with Crippen molar-refractivity contribution in [1.82, 2.24) is 0 Å². The molecule has 0 aliphatic rings. The maximum absolute atomic E-state index is 11.2. The Morgan fingerprint density at radius 3 is 2.25 bits per heavy atom. The van der Waals surface area contributed by atoms with Crippen LogP contribution in [0.1, 0.15) is 59.5 Å². The molecule has 0 radical (unpaired) electrons. The highest BCUT2D eigenvalue weighted by Crippen LogP contribution is 2.29. The van der Waals surface area contributed by atoms with Gasteiger partial charge in [-0.15, -0.1) is 0 Å². The van der Waals surface area contributed by atoms with Crippen molar-refractivity contribution in [3.63, 3.8) is 0 Å². The van der Waals surface area contributed by atoms with E-state index < -0.39 is 5.97 Å². The lowest BCUT2D eigenvalue weighted by atomic mass is 10.0. The summed E-state index contributed by atoms with van der Waals surface area (Å²) in [4.78, 5) is 11.2. The SMILES string of the molecule is Cc1cc(C(=O)O)cc(OC(C)c2ccc(CC(C)C)cc2)c1C. The van der Waals surface area contributed by atoms with Gasteiger partial charge in [0.2, 0.25) is 0 Å². The van der Waals surface area contributed by atoms with Gasteiger partial charge in [-0.1, -0.05) is 38.1 Å². The van der Waals surface area contributed by atoms with Crippen molar-refractivity contribution < 1.29 is 14.6 Å². The van der Waals surface area contributed by atoms with Crippen LogP contribution >= 0.6 is 0 Å². The highest BCUT2D eigenvalue weighted by Gasteiger charge is 2.14. The second kappa shape index (κ2) is 7.52. The molecular weight excluding hydrogens is 300 g/mol. The van der Waals surface area contributed by atoms with Crippen LogP contribution in [-0.2, 0) is 6.42 Å². The van der Waals surface area contributed by atoms with Crippen molar-refractivity contribution >= 4 is 5.97 Å². The molecule has 0 aliphatic carbocycles. The third kappa shape index (κ3) is 4.38. The number of hydrogen-bond acceptors (Lipinski definition) is 2. The van der Waals surface area contributed by atoms with E-state index in [4.69, 9.17) is 4.74 Å². The van der Waals surface area contributed by atoms with Crippen LogP contribution in [0.25, 0.3) is 0 Å². The summed E-state index contributed by atoms with van der Waals surface area (Å²) in [6, 6.07) is 11.7. The van der Waals surface area contributed by atoms with Crippen molar-refractivity contribution in [2.45, 2.75) is 47.1 Å².